The highest BCUT2D eigenvalue weighted by molar-refractivity contribution is 6.08. The van der Waals surface area contributed by atoms with Crippen molar-refractivity contribution in [1.29, 1.82) is 0 Å². The molecule has 0 amide bonds. The standard InChI is InChI=1S/C25H24O5/c1-3-29-21-12-13-22(25(16-21)30-17-18-7-5-4-6-8-18)23(27)14-10-19-9-11-20(26)15-24(19)28-2/h4-16,26H,3,17H2,1-2H3. The van der Waals surface area contributed by atoms with Crippen LogP contribution in [0.15, 0.2) is 72.8 Å². The maximum Gasteiger partial charge on any atom is 0.189 e. The van der Waals surface area contributed by atoms with Gasteiger partial charge in [0.15, 0.2) is 5.78 Å². The van der Waals surface area contributed by atoms with E-state index in [1.165, 1.54) is 25.3 Å². The number of phenolic OH excluding ortho intramolecular Hbond substituents is 1. The second-order valence-corrected chi connectivity index (χ2v) is 6.49. The summed E-state index contributed by atoms with van der Waals surface area (Å²) in [6.45, 7) is 2.76. The van der Waals surface area contributed by atoms with Gasteiger partial charge in [0.05, 0.1) is 19.3 Å². The molecule has 0 radical (unpaired) electrons. The first-order chi connectivity index (χ1) is 14.6. The van der Waals surface area contributed by atoms with E-state index in [-0.39, 0.29) is 11.5 Å². The maximum absolute atomic E-state index is 12.9. The summed E-state index contributed by atoms with van der Waals surface area (Å²) in [7, 11) is 1.51. The molecule has 0 fully saturated rings. The molecule has 0 unspecified atom stereocenters. The van der Waals surface area contributed by atoms with E-state index < -0.39 is 0 Å². The van der Waals surface area contributed by atoms with Crippen LogP contribution in [0.1, 0.15) is 28.4 Å². The van der Waals surface area contributed by atoms with Gasteiger partial charge in [0.25, 0.3) is 0 Å². The smallest absolute Gasteiger partial charge is 0.189 e. The predicted molar refractivity (Wildman–Crippen MR) is 116 cm³/mol. The first kappa shape index (κ1) is 21.0. The second kappa shape index (κ2) is 10.2. The Morgan fingerprint density at radius 1 is 0.967 bits per heavy atom. The van der Waals surface area contributed by atoms with Crippen LogP contribution in [0, 0.1) is 0 Å². The Balaban J connectivity index is 1.85. The molecular formula is C25H24O5. The largest absolute Gasteiger partial charge is 0.508 e. The van der Waals surface area contributed by atoms with Crippen LogP contribution < -0.4 is 14.2 Å². The lowest BCUT2D eigenvalue weighted by Crippen LogP contribution is -2.03. The Hall–Kier alpha value is -3.73. The number of methoxy groups -OCH3 is 1. The van der Waals surface area contributed by atoms with Crippen LogP contribution in [-0.2, 0) is 6.61 Å². The molecule has 0 saturated carbocycles. The molecule has 3 aromatic carbocycles. The highest BCUT2D eigenvalue weighted by atomic mass is 16.5. The Morgan fingerprint density at radius 2 is 1.77 bits per heavy atom. The van der Waals surface area contributed by atoms with Gasteiger partial charge in [-0.25, -0.2) is 0 Å². The molecule has 154 valence electrons. The van der Waals surface area contributed by atoms with Crippen molar-refractivity contribution < 1.29 is 24.1 Å². The molecule has 3 aromatic rings. The number of ether oxygens (including phenoxy) is 3. The number of carbonyl (C=O) groups is 1. The van der Waals surface area contributed by atoms with E-state index in [2.05, 4.69) is 0 Å². The van der Waals surface area contributed by atoms with Crippen molar-refractivity contribution in [2.75, 3.05) is 13.7 Å². The average molecular weight is 404 g/mol. The van der Waals surface area contributed by atoms with Crippen molar-refractivity contribution >= 4 is 11.9 Å². The molecule has 0 spiro atoms. The van der Waals surface area contributed by atoms with Crippen LogP contribution >= 0.6 is 0 Å². The van der Waals surface area contributed by atoms with Gasteiger partial charge < -0.3 is 19.3 Å². The van der Waals surface area contributed by atoms with E-state index in [1.54, 1.807) is 30.3 Å². The quantitative estimate of drug-likeness (QED) is 0.389. The number of phenols is 1. The predicted octanol–water partition coefficient (Wildman–Crippen LogP) is 5.27. The Morgan fingerprint density at radius 3 is 2.50 bits per heavy atom. The van der Waals surface area contributed by atoms with E-state index in [0.717, 1.165) is 5.56 Å². The molecule has 0 aromatic heterocycles. The van der Waals surface area contributed by atoms with Gasteiger partial charge in [-0.2, -0.15) is 0 Å². The van der Waals surface area contributed by atoms with Gasteiger partial charge in [-0.3, -0.25) is 4.79 Å². The summed E-state index contributed by atoms with van der Waals surface area (Å²) in [5, 5.41) is 9.58. The van der Waals surface area contributed by atoms with E-state index in [1.807, 2.05) is 37.3 Å². The van der Waals surface area contributed by atoms with Gasteiger partial charge in [-0.05, 0) is 48.9 Å². The van der Waals surface area contributed by atoms with Gasteiger partial charge >= 0.3 is 0 Å². The SMILES string of the molecule is CCOc1ccc(C(=O)C=Cc2ccc(O)cc2OC)c(OCc2ccccc2)c1. The summed E-state index contributed by atoms with van der Waals surface area (Å²) >= 11 is 0. The second-order valence-electron chi connectivity index (χ2n) is 6.49. The molecule has 3 rings (SSSR count). The maximum atomic E-state index is 12.9. The van der Waals surface area contributed by atoms with Crippen LogP contribution in [0.2, 0.25) is 0 Å². The van der Waals surface area contributed by atoms with Crippen LogP contribution in [-0.4, -0.2) is 24.6 Å². The molecule has 0 aliphatic heterocycles. The molecule has 0 heterocycles. The molecular weight excluding hydrogens is 380 g/mol. The fourth-order valence-electron chi connectivity index (χ4n) is 2.91. The van der Waals surface area contributed by atoms with Crippen LogP contribution in [0.25, 0.3) is 6.08 Å². The van der Waals surface area contributed by atoms with Crippen molar-refractivity contribution in [3.8, 4) is 23.0 Å². The van der Waals surface area contributed by atoms with Gasteiger partial charge in [0, 0.05) is 17.7 Å². The van der Waals surface area contributed by atoms with E-state index in [0.29, 0.717) is 41.6 Å². The third kappa shape index (κ3) is 5.41. The Kier molecular flexibility index (Phi) is 7.11. The fourth-order valence-corrected chi connectivity index (χ4v) is 2.91. The lowest BCUT2D eigenvalue weighted by Gasteiger charge is -2.12. The van der Waals surface area contributed by atoms with Crippen molar-refractivity contribution in [3.63, 3.8) is 0 Å². The zero-order chi connectivity index (χ0) is 21.3. The van der Waals surface area contributed by atoms with E-state index in [9.17, 15) is 9.90 Å². The topological polar surface area (TPSA) is 65.0 Å². The molecule has 0 bridgehead atoms. The van der Waals surface area contributed by atoms with Gasteiger partial charge in [0.2, 0.25) is 0 Å². The third-order valence-electron chi connectivity index (χ3n) is 4.40. The van der Waals surface area contributed by atoms with Crippen LogP contribution in [0.5, 0.6) is 23.0 Å². The van der Waals surface area contributed by atoms with Crippen LogP contribution in [0.3, 0.4) is 0 Å². The summed E-state index contributed by atoms with van der Waals surface area (Å²) < 4.78 is 16.8. The molecule has 30 heavy (non-hydrogen) atoms. The van der Waals surface area contributed by atoms with Crippen molar-refractivity contribution in [2.24, 2.45) is 0 Å². The number of carbonyl (C=O) groups excluding carboxylic acids is 1. The van der Waals surface area contributed by atoms with Crippen LogP contribution in [0.4, 0.5) is 0 Å². The minimum Gasteiger partial charge on any atom is -0.508 e. The molecule has 1 N–H and O–H groups in total. The number of ketones is 1. The first-order valence-corrected chi connectivity index (χ1v) is 9.63. The molecule has 0 aliphatic rings. The normalized spacial score (nSPS) is 10.7. The lowest BCUT2D eigenvalue weighted by atomic mass is 10.1. The van der Waals surface area contributed by atoms with Gasteiger partial charge in [0.1, 0.15) is 29.6 Å². The first-order valence-electron chi connectivity index (χ1n) is 9.63. The van der Waals surface area contributed by atoms with E-state index >= 15 is 0 Å². The van der Waals surface area contributed by atoms with E-state index in [4.69, 9.17) is 14.2 Å². The lowest BCUT2D eigenvalue weighted by molar-refractivity contribution is 0.104. The summed E-state index contributed by atoms with van der Waals surface area (Å²) in [4.78, 5) is 12.9. The summed E-state index contributed by atoms with van der Waals surface area (Å²) in [6.07, 6.45) is 3.11. The van der Waals surface area contributed by atoms with Crippen molar-refractivity contribution in [2.45, 2.75) is 13.5 Å². The zero-order valence-electron chi connectivity index (χ0n) is 17.0. The molecule has 5 heteroatoms. The van der Waals surface area contributed by atoms with Gasteiger partial charge in [-0.1, -0.05) is 30.3 Å². The molecule has 0 atom stereocenters. The van der Waals surface area contributed by atoms with Gasteiger partial charge in [-0.15, -0.1) is 0 Å². The highest BCUT2D eigenvalue weighted by Crippen LogP contribution is 2.28. The number of aromatic hydroxyl groups is 1. The Bertz CT molecular complexity index is 1020. The number of allylic oxidation sites excluding steroid dienone is 1. The minimum absolute atomic E-state index is 0.0958. The van der Waals surface area contributed by atoms with Crippen molar-refractivity contribution in [1.82, 2.24) is 0 Å². The monoisotopic (exact) mass is 404 g/mol. The molecule has 0 saturated heterocycles. The number of hydrogen-bond acceptors (Lipinski definition) is 5. The molecule has 5 nitrogen and oxygen atoms in total. The van der Waals surface area contributed by atoms with Crippen molar-refractivity contribution in [3.05, 3.63) is 89.5 Å². The third-order valence-corrected chi connectivity index (χ3v) is 4.40. The fraction of sp³-hybridized carbons (Fsp3) is 0.160. The summed E-state index contributed by atoms with van der Waals surface area (Å²) in [6, 6.07) is 19.6. The minimum atomic E-state index is -0.212. The number of hydrogen-bond donors (Lipinski definition) is 1. The highest BCUT2D eigenvalue weighted by Gasteiger charge is 2.13. The Labute approximate surface area is 176 Å². The summed E-state index contributed by atoms with van der Waals surface area (Å²) in [5.41, 5.74) is 2.12. The zero-order valence-corrected chi connectivity index (χ0v) is 17.0. The summed E-state index contributed by atoms with van der Waals surface area (Å²) in [5.74, 6) is 1.46. The average Bonchev–Trinajstić information content (AvgIpc) is 2.77. The molecule has 0 aliphatic carbocycles. The number of rotatable bonds is 9. The number of benzene rings is 3.